The summed E-state index contributed by atoms with van der Waals surface area (Å²) < 4.78 is 1.03. The van der Waals surface area contributed by atoms with E-state index < -0.39 is 0 Å². The van der Waals surface area contributed by atoms with Gasteiger partial charge in [0.1, 0.15) is 0 Å². The molecule has 1 aromatic heterocycles. The monoisotopic (exact) mass is 262 g/mol. The second kappa shape index (κ2) is 4.21. The highest BCUT2D eigenvalue weighted by molar-refractivity contribution is 9.10. The lowest BCUT2D eigenvalue weighted by Crippen LogP contribution is -2.19. The summed E-state index contributed by atoms with van der Waals surface area (Å²) in [6, 6.07) is 1.67. The lowest BCUT2D eigenvalue weighted by Gasteiger charge is -2.05. The average Bonchev–Trinajstić information content (AvgIpc) is 2.31. The first-order valence-electron chi connectivity index (χ1n) is 3.80. The molecule has 3 nitrogen and oxygen atoms in total. The van der Waals surface area contributed by atoms with Crippen LogP contribution in [0.1, 0.15) is 22.2 Å². The molecule has 13 heavy (non-hydrogen) atoms. The first kappa shape index (κ1) is 10.7. The van der Waals surface area contributed by atoms with Gasteiger partial charge in [0.05, 0.1) is 0 Å². The third-order valence-corrected chi connectivity index (χ3v) is 3.93. The quantitative estimate of drug-likeness (QED) is 0.871. The summed E-state index contributed by atoms with van der Waals surface area (Å²) in [5, 5.41) is 0. The van der Waals surface area contributed by atoms with E-state index in [1.807, 2.05) is 13.0 Å². The Hall–Kier alpha value is -0.390. The molecule has 1 amide bonds. The number of carbonyl (C=O) groups is 1. The Balaban J connectivity index is 2.77. The predicted octanol–water partition coefficient (Wildman–Crippen LogP) is 1.69. The molecule has 0 bridgehead atoms. The minimum atomic E-state index is -0.366. The Morgan fingerprint density at radius 1 is 1.77 bits per heavy atom. The number of hydrogen-bond donors (Lipinski definition) is 2. The number of primary amides is 1. The van der Waals surface area contributed by atoms with E-state index in [9.17, 15) is 4.79 Å². The second-order valence-corrected chi connectivity index (χ2v) is 4.97. The van der Waals surface area contributed by atoms with Gasteiger partial charge in [-0.2, -0.15) is 0 Å². The summed E-state index contributed by atoms with van der Waals surface area (Å²) in [7, 11) is 0. The molecule has 0 aliphatic rings. The van der Waals surface area contributed by atoms with E-state index in [4.69, 9.17) is 11.5 Å². The molecule has 1 heterocycles. The van der Waals surface area contributed by atoms with Gasteiger partial charge in [-0.15, -0.1) is 11.3 Å². The SMILES string of the molecule is Cc1sc([C@@H](N)CC(N)=O)cc1Br. The number of amides is 1. The van der Waals surface area contributed by atoms with Crippen LogP contribution in [0, 0.1) is 6.92 Å². The fourth-order valence-electron chi connectivity index (χ4n) is 0.982. The van der Waals surface area contributed by atoms with Gasteiger partial charge in [-0.1, -0.05) is 0 Å². The minimum absolute atomic E-state index is 0.201. The topological polar surface area (TPSA) is 69.1 Å². The summed E-state index contributed by atoms with van der Waals surface area (Å²) >= 11 is 4.97. The number of aryl methyl sites for hydroxylation is 1. The lowest BCUT2D eigenvalue weighted by atomic mass is 10.2. The van der Waals surface area contributed by atoms with E-state index >= 15 is 0 Å². The van der Waals surface area contributed by atoms with Crippen molar-refractivity contribution < 1.29 is 4.79 Å². The highest BCUT2D eigenvalue weighted by Crippen LogP contribution is 2.30. The summed E-state index contributed by atoms with van der Waals surface area (Å²) in [6.45, 7) is 2.00. The zero-order valence-electron chi connectivity index (χ0n) is 7.21. The Morgan fingerprint density at radius 2 is 2.38 bits per heavy atom. The molecule has 0 aliphatic heterocycles. The van der Waals surface area contributed by atoms with Gasteiger partial charge in [0.25, 0.3) is 0 Å². The second-order valence-electron chi connectivity index (χ2n) is 2.83. The van der Waals surface area contributed by atoms with Crippen molar-refractivity contribution in [2.75, 3.05) is 0 Å². The highest BCUT2D eigenvalue weighted by atomic mass is 79.9. The largest absolute Gasteiger partial charge is 0.370 e. The molecule has 4 N–H and O–H groups in total. The number of hydrogen-bond acceptors (Lipinski definition) is 3. The Morgan fingerprint density at radius 3 is 2.77 bits per heavy atom. The van der Waals surface area contributed by atoms with Crippen LogP contribution in [-0.2, 0) is 4.79 Å². The Bertz CT molecular complexity index is 304. The van der Waals surface area contributed by atoms with Crippen molar-refractivity contribution in [3.05, 3.63) is 20.3 Å². The van der Waals surface area contributed by atoms with Gasteiger partial charge in [0.2, 0.25) is 5.91 Å². The van der Waals surface area contributed by atoms with Gasteiger partial charge >= 0.3 is 0 Å². The van der Waals surface area contributed by atoms with Crippen LogP contribution in [0.25, 0.3) is 0 Å². The van der Waals surface area contributed by atoms with Crippen LogP contribution < -0.4 is 11.5 Å². The highest BCUT2D eigenvalue weighted by Gasteiger charge is 2.12. The predicted molar refractivity (Wildman–Crippen MR) is 57.5 cm³/mol. The molecule has 0 aliphatic carbocycles. The van der Waals surface area contributed by atoms with E-state index in [0.29, 0.717) is 0 Å². The van der Waals surface area contributed by atoms with Crippen molar-refractivity contribution in [2.24, 2.45) is 11.5 Å². The van der Waals surface area contributed by atoms with Gasteiger partial charge in [0, 0.05) is 26.7 Å². The van der Waals surface area contributed by atoms with Crippen molar-refractivity contribution in [2.45, 2.75) is 19.4 Å². The fourth-order valence-corrected chi connectivity index (χ4v) is 2.54. The molecule has 0 saturated heterocycles. The zero-order valence-corrected chi connectivity index (χ0v) is 9.61. The molecule has 1 rings (SSSR count). The third-order valence-electron chi connectivity index (χ3n) is 1.66. The van der Waals surface area contributed by atoms with E-state index in [1.54, 1.807) is 11.3 Å². The first-order valence-corrected chi connectivity index (χ1v) is 5.41. The van der Waals surface area contributed by atoms with Crippen LogP contribution in [0.4, 0.5) is 0 Å². The van der Waals surface area contributed by atoms with Gasteiger partial charge < -0.3 is 11.5 Å². The lowest BCUT2D eigenvalue weighted by molar-refractivity contribution is -0.118. The van der Waals surface area contributed by atoms with E-state index in [0.717, 1.165) is 14.2 Å². The molecule has 0 unspecified atom stereocenters. The average molecular weight is 263 g/mol. The molecular weight excluding hydrogens is 252 g/mol. The zero-order chi connectivity index (χ0) is 10.0. The smallest absolute Gasteiger partial charge is 0.219 e. The summed E-state index contributed by atoms with van der Waals surface area (Å²) in [4.78, 5) is 12.8. The molecule has 0 spiro atoms. The van der Waals surface area contributed by atoms with E-state index in [1.165, 1.54) is 0 Å². The van der Waals surface area contributed by atoms with E-state index in [2.05, 4.69) is 15.9 Å². The van der Waals surface area contributed by atoms with Crippen molar-refractivity contribution >= 4 is 33.2 Å². The third kappa shape index (κ3) is 2.79. The number of nitrogens with two attached hydrogens (primary N) is 2. The first-order chi connectivity index (χ1) is 6.00. The molecule has 1 atom stereocenters. The summed E-state index contributed by atoms with van der Waals surface area (Å²) in [5.41, 5.74) is 10.8. The molecule has 0 aromatic carbocycles. The van der Waals surface area contributed by atoms with Gasteiger partial charge in [-0.25, -0.2) is 0 Å². The maximum Gasteiger partial charge on any atom is 0.219 e. The molecule has 72 valence electrons. The normalized spacial score (nSPS) is 12.8. The fraction of sp³-hybridized carbons (Fsp3) is 0.375. The maximum absolute atomic E-state index is 10.6. The van der Waals surface area contributed by atoms with Crippen LogP contribution >= 0.6 is 27.3 Å². The molecule has 0 saturated carbocycles. The van der Waals surface area contributed by atoms with E-state index in [-0.39, 0.29) is 18.4 Å². The molecule has 5 heteroatoms. The van der Waals surface area contributed by atoms with Crippen LogP contribution in [0.2, 0.25) is 0 Å². The van der Waals surface area contributed by atoms with Gasteiger partial charge in [-0.3, -0.25) is 4.79 Å². The molecule has 0 radical (unpaired) electrons. The van der Waals surface area contributed by atoms with Gasteiger partial charge in [0.15, 0.2) is 0 Å². The molecule has 1 aromatic rings. The van der Waals surface area contributed by atoms with Crippen molar-refractivity contribution in [1.29, 1.82) is 0 Å². The standard InChI is InChI=1S/C8H11BrN2OS/c1-4-5(9)2-7(13-4)6(10)3-8(11)12/h2,6H,3,10H2,1H3,(H2,11,12)/t6-/m0/s1. The number of thiophene rings is 1. The number of carbonyl (C=O) groups excluding carboxylic acids is 1. The van der Waals surface area contributed by atoms with Crippen molar-refractivity contribution in [1.82, 2.24) is 0 Å². The Kier molecular flexibility index (Phi) is 3.47. The number of rotatable bonds is 3. The molecular formula is C8H11BrN2OS. The van der Waals surface area contributed by atoms with Crippen LogP contribution in [0.3, 0.4) is 0 Å². The van der Waals surface area contributed by atoms with Crippen LogP contribution in [-0.4, -0.2) is 5.91 Å². The maximum atomic E-state index is 10.6. The summed E-state index contributed by atoms with van der Waals surface area (Å²) in [6.07, 6.45) is 0.201. The summed E-state index contributed by atoms with van der Waals surface area (Å²) in [5.74, 6) is -0.366. The van der Waals surface area contributed by atoms with Crippen molar-refractivity contribution in [3.8, 4) is 0 Å². The Labute approximate surface area is 89.2 Å². The van der Waals surface area contributed by atoms with Crippen LogP contribution in [0.15, 0.2) is 10.5 Å². The van der Waals surface area contributed by atoms with Gasteiger partial charge in [-0.05, 0) is 28.9 Å². The number of halogens is 1. The molecule has 0 fully saturated rings. The van der Waals surface area contributed by atoms with Crippen molar-refractivity contribution in [3.63, 3.8) is 0 Å². The minimum Gasteiger partial charge on any atom is -0.370 e. The van der Waals surface area contributed by atoms with Crippen LogP contribution in [0.5, 0.6) is 0 Å².